The maximum Gasteiger partial charge on any atom is 0.327 e. The van der Waals surface area contributed by atoms with E-state index >= 15 is 0 Å². The number of thioether (sulfide) groups is 2. The predicted molar refractivity (Wildman–Crippen MR) is 85.3 cm³/mol. The molecule has 2 N–H and O–H groups in total. The quantitative estimate of drug-likeness (QED) is 0.785. The number of hydrogen-bond donors (Lipinski definition) is 2. The van der Waals surface area contributed by atoms with E-state index in [9.17, 15) is 14.7 Å². The highest BCUT2D eigenvalue weighted by atomic mass is 32.2. The zero-order valence-electron chi connectivity index (χ0n) is 12.5. The van der Waals surface area contributed by atoms with Gasteiger partial charge in [0.2, 0.25) is 0 Å². The van der Waals surface area contributed by atoms with Crippen LogP contribution in [0.15, 0.2) is 0 Å². The molecule has 3 atom stereocenters. The van der Waals surface area contributed by atoms with Crippen molar-refractivity contribution in [1.29, 1.82) is 0 Å². The molecule has 1 aliphatic rings. The van der Waals surface area contributed by atoms with Crippen LogP contribution < -0.4 is 5.32 Å². The van der Waals surface area contributed by atoms with Gasteiger partial charge < -0.3 is 10.4 Å². The van der Waals surface area contributed by atoms with Gasteiger partial charge in [-0.1, -0.05) is 20.8 Å². The van der Waals surface area contributed by atoms with Crippen molar-refractivity contribution in [2.24, 2.45) is 11.8 Å². The van der Waals surface area contributed by atoms with Crippen molar-refractivity contribution in [2.45, 2.75) is 32.2 Å². The first kappa shape index (κ1) is 17.5. The number of aliphatic carboxylic acids is 1. The minimum absolute atomic E-state index is 0.0630. The Kier molecular flexibility index (Phi) is 7.02. The molecule has 116 valence electrons. The number of carboxylic acids is 1. The highest BCUT2D eigenvalue weighted by Gasteiger charge is 2.42. The zero-order chi connectivity index (χ0) is 15.3. The third-order valence-electron chi connectivity index (χ3n) is 3.18. The Hall–Kier alpha value is -0.560. The smallest absolute Gasteiger partial charge is 0.327 e. The number of carboxylic acid groups (broad SMARTS) is 1. The molecule has 1 rings (SSSR count). The first-order valence-electron chi connectivity index (χ1n) is 6.78. The van der Waals surface area contributed by atoms with E-state index in [0.717, 1.165) is 5.75 Å². The number of hydrogen-bond acceptors (Lipinski definition) is 4. The van der Waals surface area contributed by atoms with Gasteiger partial charge in [0.15, 0.2) is 0 Å². The number of nitrogens with zero attached hydrogens (tertiary/aromatic N) is 1. The van der Waals surface area contributed by atoms with Crippen LogP contribution in [0.4, 0.5) is 4.79 Å². The number of amides is 2. The molecular weight excluding hydrogens is 296 g/mol. The van der Waals surface area contributed by atoms with Crippen molar-refractivity contribution < 1.29 is 14.7 Å². The van der Waals surface area contributed by atoms with Crippen LogP contribution in [0, 0.1) is 11.8 Å². The average molecular weight is 320 g/mol. The van der Waals surface area contributed by atoms with Crippen LogP contribution in [0.25, 0.3) is 0 Å². The molecule has 7 heteroatoms. The van der Waals surface area contributed by atoms with Crippen molar-refractivity contribution in [2.75, 3.05) is 24.3 Å². The number of carbonyl (C=O) groups excluding carboxylic acids is 1. The fourth-order valence-electron chi connectivity index (χ4n) is 2.18. The van der Waals surface area contributed by atoms with Crippen molar-refractivity contribution in [3.8, 4) is 0 Å². The van der Waals surface area contributed by atoms with Gasteiger partial charge in [-0.2, -0.15) is 11.8 Å². The zero-order valence-corrected chi connectivity index (χ0v) is 14.1. The van der Waals surface area contributed by atoms with Gasteiger partial charge in [-0.15, -0.1) is 11.8 Å². The van der Waals surface area contributed by atoms with Gasteiger partial charge in [-0.25, -0.2) is 9.59 Å². The summed E-state index contributed by atoms with van der Waals surface area (Å²) in [5.74, 6) is 1.13. The summed E-state index contributed by atoms with van der Waals surface area (Å²) in [7, 11) is 0. The van der Waals surface area contributed by atoms with E-state index in [1.807, 2.05) is 20.1 Å². The highest BCUT2D eigenvalue weighted by Crippen LogP contribution is 2.34. The lowest BCUT2D eigenvalue weighted by molar-refractivity contribution is -0.141. The average Bonchev–Trinajstić information content (AvgIpc) is 2.81. The molecule has 1 aliphatic heterocycles. The summed E-state index contributed by atoms with van der Waals surface area (Å²) >= 11 is 3.29. The number of carbonyl (C=O) groups is 2. The minimum atomic E-state index is -0.923. The molecule has 20 heavy (non-hydrogen) atoms. The molecule has 0 spiro atoms. The first-order valence-corrected chi connectivity index (χ1v) is 9.22. The van der Waals surface area contributed by atoms with Crippen LogP contribution >= 0.6 is 23.5 Å². The van der Waals surface area contributed by atoms with Crippen molar-refractivity contribution >= 4 is 35.5 Å². The van der Waals surface area contributed by atoms with E-state index in [1.54, 1.807) is 23.5 Å². The molecule has 0 radical (unpaired) electrons. The molecule has 3 unspecified atom stereocenters. The van der Waals surface area contributed by atoms with E-state index in [2.05, 4.69) is 12.2 Å². The second-order valence-electron chi connectivity index (χ2n) is 5.48. The SMILES string of the molecule is CSCC(C)CNC(=O)N1C(C(=O)O)CSC1C(C)C. The van der Waals surface area contributed by atoms with Gasteiger partial charge in [0.05, 0.1) is 5.37 Å². The lowest BCUT2D eigenvalue weighted by Crippen LogP contribution is -2.52. The summed E-state index contributed by atoms with van der Waals surface area (Å²) in [6, 6.07) is -0.975. The largest absolute Gasteiger partial charge is 0.480 e. The van der Waals surface area contributed by atoms with Crippen LogP contribution in [-0.4, -0.2) is 57.7 Å². The van der Waals surface area contributed by atoms with E-state index in [0.29, 0.717) is 18.2 Å². The molecule has 2 amide bonds. The summed E-state index contributed by atoms with van der Waals surface area (Å²) in [6.07, 6.45) is 2.03. The van der Waals surface area contributed by atoms with Gasteiger partial charge in [-0.3, -0.25) is 4.90 Å². The second kappa shape index (κ2) is 8.02. The van der Waals surface area contributed by atoms with Gasteiger partial charge >= 0.3 is 12.0 Å². The lowest BCUT2D eigenvalue weighted by atomic mass is 10.1. The number of urea groups is 1. The Balaban J connectivity index is 2.67. The highest BCUT2D eigenvalue weighted by molar-refractivity contribution is 8.00. The molecule has 0 saturated carbocycles. The standard InChI is InChI=1S/C13H24N2O3S2/c1-8(2)11-15(10(7-20-11)12(16)17)13(18)14-5-9(3)6-19-4/h8-11H,5-7H2,1-4H3,(H,14,18)(H,16,17). The second-order valence-corrected chi connectivity index (χ2v) is 7.54. The summed E-state index contributed by atoms with van der Waals surface area (Å²) in [4.78, 5) is 25.1. The fraction of sp³-hybridized carbons (Fsp3) is 0.846. The van der Waals surface area contributed by atoms with Crippen LogP contribution in [-0.2, 0) is 4.79 Å². The topological polar surface area (TPSA) is 69.6 Å². The Bertz CT molecular complexity index is 353. The fourth-order valence-corrected chi connectivity index (χ4v) is 4.34. The molecule has 0 aromatic rings. The molecular formula is C13H24N2O3S2. The minimum Gasteiger partial charge on any atom is -0.480 e. The molecule has 1 saturated heterocycles. The lowest BCUT2D eigenvalue weighted by Gasteiger charge is -2.30. The molecule has 1 fully saturated rings. The van der Waals surface area contributed by atoms with E-state index < -0.39 is 12.0 Å². The number of rotatable bonds is 6. The first-order chi connectivity index (χ1) is 9.38. The van der Waals surface area contributed by atoms with Gasteiger partial charge in [0, 0.05) is 12.3 Å². The van der Waals surface area contributed by atoms with Crippen LogP contribution in [0.3, 0.4) is 0 Å². The Morgan fingerprint density at radius 1 is 1.45 bits per heavy atom. The van der Waals surface area contributed by atoms with E-state index in [4.69, 9.17) is 0 Å². The van der Waals surface area contributed by atoms with Crippen LogP contribution in [0.5, 0.6) is 0 Å². The van der Waals surface area contributed by atoms with Crippen molar-refractivity contribution in [1.82, 2.24) is 10.2 Å². The molecule has 1 heterocycles. The maximum atomic E-state index is 12.3. The predicted octanol–water partition coefficient (Wildman–Crippen LogP) is 2.18. The van der Waals surface area contributed by atoms with Gasteiger partial charge in [-0.05, 0) is 23.8 Å². The van der Waals surface area contributed by atoms with E-state index in [1.165, 1.54) is 4.90 Å². The Labute approximate surface area is 129 Å². The van der Waals surface area contributed by atoms with Crippen molar-refractivity contribution in [3.63, 3.8) is 0 Å². The molecule has 5 nitrogen and oxygen atoms in total. The summed E-state index contributed by atoms with van der Waals surface area (Å²) < 4.78 is 0. The molecule has 0 bridgehead atoms. The monoisotopic (exact) mass is 320 g/mol. The van der Waals surface area contributed by atoms with Crippen LogP contribution in [0.2, 0.25) is 0 Å². The molecule has 0 aromatic heterocycles. The van der Waals surface area contributed by atoms with Crippen LogP contribution in [0.1, 0.15) is 20.8 Å². The Morgan fingerprint density at radius 3 is 2.60 bits per heavy atom. The van der Waals surface area contributed by atoms with Gasteiger partial charge in [0.25, 0.3) is 0 Å². The maximum absolute atomic E-state index is 12.3. The third kappa shape index (κ3) is 4.48. The Morgan fingerprint density at radius 2 is 2.10 bits per heavy atom. The van der Waals surface area contributed by atoms with E-state index in [-0.39, 0.29) is 17.3 Å². The van der Waals surface area contributed by atoms with Crippen molar-refractivity contribution in [3.05, 3.63) is 0 Å². The summed E-state index contributed by atoms with van der Waals surface area (Å²) in [5.41, 5.74) is 0. The third-order valence-corrected chi connectivity index (χ3v) is 5.70. The molecule has 0 aliphatic carbocycles. The summed E-state index contributed by atoms with van der Waals surface area (Å²) in [5, 5.41) is 12.1. The molecule has 0 aromatic carbocycles. The van der Waals surface area contributed by atoms with Gasteiger partial charge in [0.1, 0.15) is 6.04 Å². The number of nitrogens with one attached hydrogen (secondary N) is 1. The normalized spacial score (nSPS) is 23.9. The summed E-state index contributed by atoms with van der Waals surface area (Å²) in [6.45, 7) is 6.68.